The van der Waals surface area contributed by atoms with Crippen LogP contribution >= 0.6 is 0 Å². The molecule has 16 heavy (non-hydrogen) atoms. The molecule has 0 bridgehead atoms. The van der Waals surface area contributed by atoms with Crippen molar-refractivity contribution in [1.29, 1.82) is 0 Å². The van der Waals surface area contributed by atoms with Crippen molar-refractivity contribution in [1.82, 2.24) is 10.2 Å². The molecule has 0 atom stereocenters. The Morgan fingerprint density at radius 1 is 1.44 bits per heavy atom. The second kappa shape index (κ2) is 7.87. The van der Waals surface area contributed by atoms with E-state index in [0.717, 1.165) is 6.08 Å². The molecule has 0 aliphatic heterocycles. The number of carboxylic acid groups (broad SMARTS) is 1. The number of likely N-dealkylation sites (N-methyl/N-ethyl adjacent to an activating group) is 1. The van der Waals surface area contributed by atoms with Gasteiger partial charge in [0.1, 0.15) is 0 Å². The molecule has 0 aliphatic carbocycles. The Balaban J connectivity index is 3.74. The zero-order valence-corrected chi connectivity index (χ0v) is 10.1. The second-order valence-corrected chi connectivity index (χ2v) is 4.14. The third-order valence-corrected chi connectivity index (χ3v) is 1.80. The Bertz CT molecular complexity index is 262. The lowest BCUT2D eigenvalue weighted by atomic mass is 10.2. The van der Waals surface area contributed by atoms with Crippen LogP contribution in [0.1, 0.15) is 13.8 Å². The van der Waals surface area contributed by atoms with Gasteiger partial charge in [-0.3, -0.25) is 9.69 Å². The smallest absolute Gasteiger partial charge is 0.328 e. The Labute approximate surface area is 96.1 Å². The number of carbonyl (C=O) groups is 2. The van der Waals surface area contributed by atoms with Crippen molar-refractivity contribution < 1.29 is 14.7 Å². The molecule has 0 aromatic rings. The lowest BCUT2D eigenvalue weighted by Gasteiger charge is -2.14. The van der Waals surface area contributed by atoms with E-state index >= 15 is 0 Å². The quantitative estimate of drug-likeness (QED) is 0.616. The highest BCUT2D eigenvalue weighted by atomic mass is 16.4. The van der Waals surface area contributed by atoms with E-state index in [9.17, 15) is 9.59 Å². The number of nitrogens with one attached hydrogen (secondary N) is 1. The first-order valence-corrected chi connectivity index (χ1v) is 5.26. The van der Waals surface area contributed by atoms with Crippen molar-refractivity contribution in [2.24, 2.45) is 5.92 Å². The van der Waals surface area contributed by atoms with Crippen LogP contribution in [-0.2, 0) is 9.59 Å². The predicted molar refractivity (Wildman–Crippen MR) is 62.1 cm³/mol. The summed E-state index contributed by atoms with van der Waals surface area (Å²) in [6, 6.07) is 0. The van der Waals surface area contributed by atoms with Crippen LogP contribution in [0.5, 0.6) is 0 Å². The molecule has 0 spiro atoms. The molecule has 0 heterocycles. The van der Waals surface area contributed by atoms with Crippen LogP contribution in [0.4, 0.5) is 0 Å². The molecule has 0 saturated heterocycles. The van der Waals surface area contributed by atoms with Gasteiger partial charge < -0.3 is 10.4 Å². The summed E-state index contributed by atoms with van der Waals surface area (Å²) in [5.41, 5.74) is 0. The van der Waals surface area contributed by atoms with Crippen molar-refractivity contribution in [3.05, 3.63) is 12.2 Å². The number of hydrogen-bond donors (Lipinski definition) is 2. The number of nitrogens with zero attached hydrogens (tertiary/aromatic N) is 1. The van der Waals surface area contributed by atoms with Crippen LogP contribution < -0.4 is 5.32 Å². The van der Waals surface area contributed by atoms with Gasteiger partial charge >= 0.3 is 5.97 Å². The Hall–Kier alpha value is -1.36. The zero-order valence-electron chi connectivity index (χ0n) is 10.1. The van der Waals surface area contributed by atoms with Crippen molar-refractivity contribution in [2.75, 3.05) is 26.7 Å². The van der Waals surface area contributed by atoms with Crippen LogP contribution in [0.25, 0.3) is 0 Å². The monoisotopic (exact) mass is 228 g/mol. The van der Waals surface area contributed by atoms with Gasteiger partial charge in [-0.1, -0.05) is 19.9 Å². The molecule has 0 radical (unpaired) electrons. The molecule has 0 aliphatic rings. The summed E-state index contributed by atoms with van der Waals surface area (Å²) in [6.07, 6.45) is 2.58. The Morgan fingerprint density at radius 3 is 2.56 bits per heavy atom. The van der Waals surface area contributed by atoms with Gasteiger partial charge in [-0.15, -0.1) is 0 Å². The largest absolute Gasteiger partial charge is 0.478 e. The number of amides is 1. The highest BCUT2D eigenvalue weighted by molar-refractivity contribution is 5.80. The zero-order chi connectivity index (χ0) is 12.6. The van der Waals surface area contributed by atoms with Gasteiger partial charge in [0, 0.05) is 19.2 Å². The van der Waals surface area contributed by atoms with Gasteiger partial charge in [0.05, 0.1) is 6.54 Å². The van der Waals surface area contributed by atoms with Gasteiger partial charge in [-0.05, 0) is 13.0 Å². The molecule has 0 saturated carbocycles. The van der Waals surface area contributed by atoms with E-state index in [1.165, 1.54) is 6.08 Å². The average Bonchev–Trinajstić information content (AvgIpc) is 2.14. The minimum Gasteiger partial charge on any atom is -0.478 e. The molecular formula is C11H20N2O3. The SMILES string of the molecule is CC(C)CNC(=O)CN(C)C/C=C/C(=O)O. The summed E-state index contributed by atoms with van der Waals surface area (Å²) in [4.78, 5) is 23.3. The van der Waals surface area contributed by atoms with E-state index < -0.39 is 5.97 Å². The van der Waals surface area contributed by atoms with E-state index in [0.29, 0.717) is 19.0 Å². The topological polar surface area (TPSA) is 69.6 Å². The number of carboxylic acids is 1. The van der Waals surface area contributed by atoms with Crippen molar-refractivity contribution in [3.8, 4) is 0 Å². The summed E-state index contributed by atoms with van der Waals surface area (Å²) < 4.78 is 0. The van der Waals surface area contributed by atoms with Gasteiger partial charge in [0.2, 0.25) is 5.91 Å². The molecule has 0 aromatic carbocycles. The van der Waals surface area contributed by atoms with Gasteiger partial charge in [-0.25, -0.2) is 4.79 Å². The first-order valence-electron chi connectivity index (χ1n) is 5.26. The second-order valence-electron chi connectivity index (χ2n) is 4.14. The van der Waals surface area contributed by atoms with E-state index in [4.69, 9.17) is 5.11 Å². The maximum Gasteiger partial charge on any atom is 0.328 e. The fourth-order valence-electron chi connectivity index (χ4n) is 1.02. The van der Waals surface area contributed by atoms with E-state index in [1.54, 1.807) is 11.9 Å². The fourth-order valence-corrected chi connectivity index (χ4v) is 1.02. The first-order chi connectivity index (χ1) is 7.41. The molecule has 92 valence electrons. The van der Waals surface area contributed by atoms with Crippen LogP contribution in [0.15, 0.2) is 12.2 Å². The number of hydrogen-bond acceptors (Lipinski definition) is 3. The minimum atomic E-state index is -0.974. The molecule has 5 heteroatoms. The highest BCUT2D eigenvalue weighted by Crippen LogP contribution is 1.88. The van der Waals surface area contributed by atoms with Crippen molar-refractivity contribution in [2.45, 2.75) is 13.8 Å². The van der Waals surface area contributed by atoms with Crippen LogP contribution in [0.2, 0.25) is 0 Å². The predicted octanol–water partition coefficient (Wildman–Crippen LogP) is 0.331. The lowest BCUT2D eigenvalue weighted by molar-refractivity contribution is -0.131. The van der Waals surface area contributed by atoms with Crippen LogP contribution in [0.3, 0.4) is 0 Å². The molecule has 5 nitrogen and oxygen atoms in total. The third-order valence-electron chi connectivity index (χ3n) is 1.80. The molecule has 1 amide bonds. The number of carbonyl (C=O) groups excluding carboxylic acids is 1. The molecule has 0 rings (SSSR count). The maximum atomic E-state index is 11.4. The summed E-state index contributed by atoms with van der Waals surface area (Å²) in [5.74, 6) is -0.584. The third kappa shape index (κ3) is 9.21. The lowest BCUT2D eigenvalue weighted by Crippen LogP contribution is -2.36. The minimum absolute atomic E-state index is 0.0417. The molecule has 2 N–H and O–H groups in total. The fraction of sp³-hybridized carbons (Fsp3) is 0.636. The molecular weight excluding hydrogens is 208 g/mol. The maximum absolute atomic E-state index is 11.4. The molecule has 0 fully saturated rings. The van der Waals surface area contributed by atoms with Crippen molar-refractivity contribution in [3.63, 3.8) is 0 Å². The summed E-state index contributed by atoms with van der Waals surface area (Å²) in [6.45, 7) is 5.44. The number of aliphatic carboxylic acids is 1. The molecule has 0 aromatic heterocycles. The Morgan fingerprint density at radius 2 is 2.06 bits per heavy atom. The summed E-state index contributed by atoms with van der Waals surface area (Å²) in [7, 11) is 1.77. The highest BCUT2D eigenvalue weighted by Gasteiger charge is 2.05. The average molecular weight is 228 g/mol. The van der Waals surface area contributed by atoms with Crippen molar-refractivity contribution >= 4 is 11.9 Å². The standard InChI is InChI=1S/C11H20N2O3/c1-9(2)7-12-10(14)8-13(3)6-4-5-11(15)16/h4-5,9H,6-8H2,1-3H3,(H,12,14)(H,15,16)/b5-4+. The Kier molecular flexibility index (Phi) is 7.20. The molecule has 0 unspecified atom stereocenters. The summed E-state index contributed by atoms with van der Waals surface area (Å²) in [5, 5.41) is 11.2. The van der Waals surface area contributed by atoms with Crippen LogP contribution in [0, 0.1) is 5.92 Å². The van der Waals surface area contributed by atoms with Gasteiger partial charge in [-0.2, -0.15) is 0 Å². The van der Waals surface area contributed by atoms with E-state index in [2.05, 4.69) is 5.32 Å². The van der Waals surface area contributed by atoms with Crippen LogP contribution in [-0.4, -0.2) is 48.6 Å². The first kappa shape index (κ1) is 14.6. The van der Waals surface area contributed by atoms with Gasteiger partial charge in [0.15, 0.2) is 0 Å². The number of rotatable bonds is 7. The summed E-state index contributed by atoms with van der Waals surface area (Å²) >= 11 is 0. The van der Waals surface area contributed by atoms with E-state index in [-0.39, 0.29) is 12.5 Å². The van der Waals surface area contributed by atoms with Gasteiger partial charge in [0.25, 0.3) is 0 Å². The normalized spacial score (nSPS) is 11.3. The van der Waals surface area contributed by atoms with E-state index in [1.807, 2.05) is 13.8 Å².